The van der Waals surface area contributed by atoms with Gasteiger partial charge in [-0.1, -0.05) is 12.1 Å². The Morgan fingerprint density at radius 2 is 1.70 bits per heavy atom. The van der Waals surface area contributed by atoms with E-state index in [0.29, 0.717) is 5.56 Å². The lowest BCUT2D eigenvalue weighted by Gasteiger charge is -2.09. The minimum absolute atomic E-state index is 0.275. The fraction of sp³-hybridized carbons (Fsp3) is 0.0952. The van der Waals surface area contributed by atoms with Crippen LogP contribution in [0.25, 0.3) is 17.3 Å². The van der Waals surface area contributed by atoms with Gasteiger partial charge in [-0.3, -0.25) is 0 Å². The van der Waals surface area contributed by atoms with E-state index in [4.69, 9.17) is 4.74 Å². The maximum Gasteiger partial charge on any atom is 0.416 e. The molecule has 0 atom stereocenters. The lowest BCUT2D eigenvalue weighted by Crippen LogP contribution is -2.04. The van der Waals surface area contributed by atoms with Crippen LogP contribution in [0.2, 0.25) is 0 Å². The Kier molecular flexibility index (Phi) is 5.04. The van der Waals surface area contributed by atoms with Gasteiger partial charge in [0.05, 0.1) is 24.3 Å². The molecule has 6 heteroatoms. The normalized spacial score (nSPS) is 11.9. The monoisotopic (exact) mass is 368 g/mol. The number of nitriles is 1. The van der Waals surface area contributed by atoms with Crippen LogP contribution in [0.3, 0.4) is 0 Å². The Hall–Kier alpha value is -3.46. The van der Waals surface area contributed by atoms with Gasteiger partial charge in [0.2, 0.25) is 0 Å². The molecule has 1 heterocycles. The molecule has 3 rings (SSSR count). The van der Waals surface area contributed by atoms with Crippen molar-refractivity contribution in [1.29, 1.82) is 5.26 Å². The first-order chi connectivity index (χ1) is 12.9. The standard InChI is InChI=1S/C21H15F3N2O/c1-27-20-10-8-18(9-11-20)26-12-2-3-19(26)13-16(14-25)15-4-6-17(7-5-15)21(22,23)24/h2-13H,1H3/b16-13-. The zero-order valence-corrected chi connectivity index (χ0v) is 14.4. The molecular formula is C21H15F3N2O. The number of nitrogens with zero attached hydrogens (tertiary/aromatic N) is 2. The number of alkyl halides is 3. The second-order valence-electron chi connectivity index (χ2n) is 5.75. The third kappa shape index (κ3) is 4.04. The Balaban J connectivity index is 1.95. The number of methoxy groups -OCH3 is 1. The molecule has 2 aromatic carbocycles. The molecule has 27 heavy (non-hydrogen) atoms. The molecule has 3 nitrogen and oxygen atoms in total. The highest BCUT2D eigenvalue weighted by Crippen LogP contribution is 2.30. The fourth-order valence-electron chi connectivity index (χ4n) is 2.66. The van der Waals surface area contributed by atoms with E-state index in [1.54, 1.807) is 13.2 Å². The first-order valence-corrected chi connectivity index (χ1v) is 8.03. The van der Waals surface area contributed by atoms with Gasteiger partial charge in [-0.2, -0.15) is 18.4 Å². The molecule has 0 unspecified atom stereocenters. The van der Waals surface area contributed by atoms with Gasteiger partial charge in [-0.25, -0.2) is 0 Å². The van der Waals surface area contributed by atoms with Gasteiger partial charge in [0.1, 0.15) is 5.75 Å². The number of aromatic nitrogens is 1. The van der Waals surface area contributed by atoms with Gasteiger partial charge in [-0.05, 0) is 60.2 Å². The Morgan fingerprint density at radius 1 is 1.04 bits per heavy atom. The predicted molar refractivity (Wildman–Crippen MR) is 97.2 cm³/mol. The lowest BCUT2D eigenvalue weighted by atomic mass is 10.0. The molecule has 0 N–H and O–H groups in total. The lowest BCUT2D eigenvalue weighted by molar-refractivity contribution is -0.137. The highest BCUT2D eigenvalue weighted by atomic mass is 19.4. The smallest absolute Gasteiger partial charge is 0.416 e. The van der Waals surface area contributed by atoms with E-state index in [-0.39, 0.29) is 5.57 Å². The largest absolute Gasteiger partial charge is 0.497 e. The van der Waals surface area contributed by atoms with Crippen LogP contribution in [0.15, 0.2) is 66.9 Å². The Bertz CT molecular complexity index is 992. The van der Waals surface area contributed by atoms with Crippen molar-refractivity contribution in [2.45, 2.75) is 6.18 Å². The van der Waals surface area contributed by atoms with Crippen LogP contribution >= 0.6 is 0 Å². The van der Waals surface area contributed by atoms with Crippen molar-refractivity contribution in [2.24, 2.45) is 0 Å². The summed E-state index contributed by atoms with van der Waals surface area (Å²) in [6, 6.07) is 17.7. The van der Waals surface area contributed by atoms with E-state index in [0.717, 1.165) is 29.3 Å². The molecule has 0 aliphatic carbocycles. The molecule has 0 aliphatic heterocycles. The topological polar surface area (TPSA) is 38.0 Å². The number of halogens is 3. The van der Waals surface area contributed by atoms with Crippen LogP contribution in [-0.2, 0) is 6.18 Å². The fourth-order valence-corrected chi connectivity index (χ4v) is 2.66. The van der Waals surface area contributed by atoms with Gasteiger partial charge < -0.3 is 9.30 Å². The molecule has 3 aromatic rings. The van der Waals surface area contributed by atoms with Crippen molar-refractivity contribution < 1.29 is 17.9 Å². The maximum absolute atomic E-state index is 12.7. The van der Waals surface area contributed by atoms with Crippen molar-refractivity contribution in [3.05, 3.63) is 83.7 Å². The number of ether oxygens (including phenoxy) is 1. The van der Waals surface area contributed by atoms with Crippen LogP contribution < -0.4 is 4.74 Å². The van der Waals surface area contributed by atoms with Crippen LogP contribution in [0.5, 0.6) is 5.75 Å². The molecule has 0 radical (unpaired) electrons. The van der Waals surface area contributed by atoms with Crippen molar-refractivity contribution in [2.75, 3.05) is 7.11 Å². The number of allylic oxidation sites excluding steroid dienone is 1. The quantitative estimate of drug-likeness (QED) is 0.565. The molecule has 0 saturated heterocycles. The molecule has 0 saturated carbocycles. The SMILES string of the molecule is COc1ccc(-n2cccc2/C=C(/C#N)c2ccc(C(F)(F)F)cc2)cc1. The summed E-state index contributed by atoms with van der Waals surface area (Å²) in [6.07, 6.45) is -0.916. The highest BCUT2D eigenvalue weighted by molar-refractivity contribution is 5.89. The predicted octanol–water partition coefficient (Wildman–Crippen LogP) is 5.57. The maximum atomic E-state index is 12.7. The summed E-state index contributed by atoms with van der Waals surface area (Å²) in [4.78, 5) is 0. The Morgan fingerprint density at radius 3 is 2.26 bits per heavy atom. The van der Waals surface area contributed by atoms with Gasteiger partial charge in [0.15, 0.2) is 0 Å². The van der Waals surface area contributed by atoms with Gasteiger partial charge in [0.25, 0.3) is 0 Å². The molecule has 0 fully saturated rings. The third-order valence-corrected chi connectivity index (χ3v) is 4.07. The summed E-state index contributed by atoms with van der Waals surface area (Å²) in [5.41, 5.74) is 1.56. The number of hydrogen-bond donors (Lipinski definition) is 0. The van der Waals surface area contributed by atoms with Crippen LogP contribution in [0.1, 0.15) is 16.8 Å². The first kappa shape index (κ1) is 18.3. The minimum Gasteiger partial charge on any atom is -0.497 e. The second-order valence-corrected chi connectivity index (χ2v) is 5.75. The molecule has 136 valence electrons. The van der Waals surface area contributed by atoms with Gasteiger partial charge in [-0.15, -0.1) is 0 Å². The van der Waals surface area contributed by atoms with E-state index in [1.165, 1.54) is 12.1 Å². The third-order valence-electron chi connectivity index (χ3n) is 4.07. The zero-order valence-electron chi connectivity index (χ0n) is 14.4. The van der Waals surface area contributed by atoms with E-state index < -0.39 is 11.7 Å². The highest BCUT2D eigenvalue weighted by Gasteiger charge is 2.30. The van der Waals surface area contributed by atoms with Crippen molar-refractivity contribution in [3.8, 4) is 17.5 Å². The molecule has 0 spiro atoms. The summed E-state index contributed by atoms with van der Waals surface area (Å²) >= 11 is 0. The summed E-state index contributed by atoms with van der Waals surface area (Å²) in [5, 5.41) is 9.47. The average Bonchev–Trinajstić information content (AvgIpc) is 3.14. The summed E-state index contributed by atoms with van der Waals surface area (Å²) in [7, 11) is 1.59. The van der Waals surface area contributed by atoms with E-state index >= 15 is 0 Å². The molecule has 0 aliphatic rings. The average molecular weight is 368 g/mol. The second kappa shape index (κ2) is 7.42. The van der Waals surface area contributed by atoms with Crippen molar-refractivity contribution in [3.63, 3.8) is 0 Å². The molecular weight excluding hydrogens is 353 g/mol. The Labute approximate surface area is 154 Å². The van der Waals surface area contributed by atoms with E-state index in [9.17, 15) is 18.4 Å². The summed E-state index contributed by atoms with van der Waals surface area (Å²) < 4.78 is 45.2. The van der Waals surface area contributed by atoms with Gasteiger partial charge >= 0.3 is 6.18 Å². The van der Waals surface area contributed by atoms with Crippen LogP contribution in [-0.4, -0.2) is 11.7 Å². The van der Waals surface area contributed by atoms with Gasteiger partial charge in [0, 0.05) is 17.6 Å². The van der Waals surface area contributed by atoms with E-state index in [1.807, 2.05) is 47.2 Å². The summed E-state index contributed by atoms with van der Waals surface area (Å²) in [6.45, 7) is 0. The van der Waals surface area contributed by atoms with Crippen molar-refractivity contribution in [1.82, 2.24) is 4.57 Å². The van der Waals surface area contributed by atoms with Crippen LogP contribution in [0.4, 0.5) is 13.2 Å². The summed E-state index contributed by atoms with van der Waals surface area (Å²) in [5.74, 6) is 0.727. The van der Waals surface area contributed by atoms with Crippen LogP contribution in [0, 0.1) is 11.3 Å². The number of rotatable bonds is 4. The molecule has 0 amide bonds. The number of benzene rings is 2. The van der Waals surface area contributed by atoms with Crippen molar-refractivity contribution >= 4 is 11.6 Å². The molecule has 0 bridgehead atoms. The zero-order chi connectivity index (χ0) is 19.4. The number of hydrogen-bond acceptors (Lipinski definition) is 2. The van der Waals surface area contributed by atoms with E-state index in [2.05, 4.69) is 6.07 Å². The molecule has 1 aromatic heterocycles. The first-order valence-electron chi connectivity index (χ1n) is 8.03. The minimum atomic E-state index is -4.40.